The number of hydrogen-bond donors (Lipinski definition) is 1. The van der Waals surface area contributed by atoms with E-state index in [1.54, 1.807) is 0 Å². The first-order valence-electron chi connectivity index (χ1n) is 8.79. The second-order valence-electron chi connectivity index (χ2n) is 8.08. The molecule has 0 bridgehead atoms. The van der Waals surface area contributed by atoms with Crippen molar-refractivity contribution in [3.8, 4) is 0 Å². The zero-order chi connectivity index (χ0) is 17.2. The van der Waals surface area contributed by atoms with Crippen molar-refractivity contribution in [2.45, 2.75) is 32.4 Å². The van der Waals surface area contributed by atoms with Crippen molar-refractivity contribution in [1.29, 1.82) is 0 Å². The molecule has 3 rings (SSSR count). The zero-order valence-corrected chi connectivity index (χ0v) is 15.7. The summed E-state index contributed by atoms with van der Waals surface area (Å²) in [6.07, 6.45) is 0. The summed E-state index contributed by atoms with van der Waals surface area (Å²) in [6.45, 7) is 12.9. The van der Waals surface area contributed by atoms with E-state index in [9.17, 15) is 0 Å². The van der Waals surface area contributed by atoms with Crippen LogP contribution in [0.5, 0.6) is 0 Å². The molecule has 0 spiro atoms. The fraction of sp³-hybridized carbons (Fsp3) is 0.684. The molecule has 1 aromatic carbocycles. The molecule has 0 saturated carbocycles. The zero-order valence-electron chi connectivity index (χ0n) is 15.0. The average molecular weight is 353 g/mol. The maximum Gasteiger partial charge on any atom is 0.0753 e. The molecule has 2 aliphatic rings. The van der Waals surface area contributed by atoms with E-state index in [2.05, 4.69) is 43.1 Å². The van der Waals surface area contributed by atoms with E-state index in [4.69, 9.17) is 21.1 Å². The molecule has 1 atom stereocenters. The van der Waals surface area contributed by atoms with Crippen LogP contribution < -0.4 is 5.32 Å². The number of hydrogen-bond acceptors (Lipinski definition) is 4. The molecule has 2 fully saturated rings. The molecule has 4 nitrogen and oxygen atoms in total. The SMILES string of the molecule is CC1(CNCC(c2ccc(Cl)cc2)N2CCOC(C)(C)C2)COC1. The van der Waals surface area contributed by atoms with E-state index in [0.29, 0.717) is 6.04 Å². The highest BCUT2D eigenvalue weighted by Gasteiger charge is 2.35. The van der Waals surface area contributed by atoms with Crippen LogP contribution in [0.2, 0.25) is 5.02 Å². The van der Waals surface area contributed by atoms with Gasteiger partial charge in [-0.05, 0) is 31.5 Å². The number of nitrogens with zero attached hydrogens (tertiary/aromatic N) is 1. The van der Waals surface area contributed by atoms with Gasteiger partial charge in [-0.25, -0.2) is 0 Å². The van der Waals surface area contributed by atoms with Crippen LogP contribution in [-0.2, 0) is 9.47 Å². The third-order valence-electron chi connectivity index (χ3n) is 4.94. The van der Waals surface area contributed by atoms with Gasteiger partial charge < -0.3 is 14.8 Å². The Morgan fingerprint density at radius 1 is 1.21 bits per heavy atom. The number of morpholine rings is 1. The molecule has 1 N–H and O–H groups in total. The van der Waals surface area contributed by atoms with E-state index in [1.807, 2.05) is 12.1 Å². The number of benzene rings is 1. The first-order valence-corrected chi connectivity index (χ1v) is 9.17. The van der Waals surface area contributed by atoms with Gasteiger partial charge in [0.05, 0.1) is 25.4 Å². The van der Waals surface area contributed by atoms with Crippen LogP contribution in [0.15, 0.2) is 24.3 Å². The predicted octanol–water partition coefficient (Wildman–Crippen LogP) is 3.12. The van der Waals surface area contributed by atoms with Crippen molar-refractivity contribution in [2.75, 3.05) is 46.0 Å². The lowest BCUT2D eigenvalue weighted by atomic mass is 9.88. The van der Waals surface area contributed by atoms with Crippen molar-refractivity contribution in [3.63, 3.8) is 0 Å². The van der Waals surface area contributed by atoms with Gasteiger partial charge in [0.25, 0.3) is 0 Å². The minimum atomic E-state index is -0.100. The standard InChI is InChI=1S/C19H29ClN2O2/c1-18(2)12-22(8-9-24-18)17(15-4-6-16(20)7-5-15)10-21-11-19(3)13-23-14-19/h4-7,17,21H,8-14H2,1-3H3. The molecule has 134 valence electrons. The van der Waals surface area contributed by atoms with Gasteiger partial charge in [0.15, 0.2) is 0 Å². The lowest BCUT2D eigenvalue weighted by Crippen LogP contribution is -2.52. The summed E-state index contributed by atoms with van der Waals surface area (Å²) in [5, 5.41) is 4.45. The Hall–Kier alpha value is -0.650. The topological polar surface area (TPSA) is 33.7 Å². The van der Waals surface area contributed by atoms with Crippen molar-refractivity contribution >= 4 is 11.6 Å². The third kappa shape index (κ3) is 4.50. The lowest BCUT2D eigenvalue weighted by molar-refractivity contribution is -0.105. The lowest BCUT2D eigenvalue weighted by Gasteiger charge is -2.43. The molecule has 0 aromatic heterocycles. The molecule has 0 amide bonds. The fourth-order valence-electron chi connectivity index (χ4n) is 3.52. The highest BCUT2D eigenvalue weighted by atomic mass is 35.5. The van der Waals surface area contributed by atoms with Crippen LogP contribution >= 0.6 is 11.6 Å². The monoisotopic (exact) mass is 352 g/mol. The van der Waals surface area contributed by atoms with Crippen LogP contribution in [0.25, 0.3) is 0 Å². The Kier molecular flexibility index (Phi) is 5.52. The Labute approximate surface area is 150 Å². The summed E-state index contributed by atoms with van der Waals surface area (Å²) in [5.41, 5.74) is 1.49. The van der Waals surface area contributed by atoms with Gasteiger partial charge in [0, 0.05) is 42.7 Å². The summed E-state index contributed by atoms with van der Waals surface area (Å²) in [7, 11) is 0. The molecule has 5 heteroatoms. The molecular formula is C19H29ClN2O2. The quantitative estimate of drug-likeness (QED) is 0.853. The third-order valence-corrected chi connectivity index (χ3v) is 5.19. The minimum absolute atomic E-state index is 0.100. The molecular weight excluding hydrogens is 324 g/mol. The molecule has 2 saturated heterocycles. The number of halogens is 1. The summed E-state index contributed by atoms with van der Waals surface area (Å²) in [5.74, 6) is 0. The van der Waals surface area contributed by atoms with Gasteiger partial charge in [-0.1, -0.05) is 30.7 Å². The first-order chi connectivity index (χ1) is 11.4. The predicted molar refractivity (Wildman–Crippen MR) is 97.6 cm³/mol. The maximum absolute atomic E-state index is 6.07. The number of nitrogens with one attached hydrogen (secondary N) is 1. The Morgan fingerprint density at radius 3 is 2.50 bits per heavy atom. The van der Waals surface area contributed by atoms with Gasteiger partial charge in [-0.2, -0.15) is 0 Å². The van der Waals surface area contributed by atoms with Crippen LogP contribution in [-0.4, -0.2) is 56.5 Å². The van der Waals surface area contributed by atoms with Gasteiger partial charge in [0.1, 0.15) is 0 Å². The van der Waals surface area contributed by atoms with Crippen molar-refractivity contribution in [2.24, 2.45) is 5.41 Å². The van der Waals surface area contributed by atoms with Crippen LogP contribution in [0.1, 0.15) is 32.4 Å². The van der Waals surface area contributed by atoms with E-state index in [1.165, 1.54) is 5.56 Å². The van der Waals surface area contributed by atoms with E-state index >= 15 is 0 Å². The van der Waals surface area contributed by atoms with E-state index in [-0.39, 0.29) is 11.0 Å². The molecule has 2 heterocycles. The molecule has 0 aliphatic carbocycles. The van der Waals surface area contributed by atoms with Gasteiger partial charge in [0.2, 0.25) is 0 Å². The first kappa shape index (κ1) is 18.2. The Bertz CT molecular complexity index is 543. The second-order valence-corrected chi connectivity index (χ2v) is 8.52. The van der Waals surface area contributed by atoms with Crippen molar-refractivity contribution in [1.82, 2.24) is 10.2 Å². The van der Waals surface area contributed by atoms with Crippen molar-refractivity contribution in [3.05, 3.63) is 34.9 Å². The fourth-order valence-corrected chi connectivity index (χ4v) is 3.65. The molecule has 1 unspecified atom stereocenters. The highest BCUT2D eigenvalue weighted by molar-refractivity contribution is 6.30. The Balaban J connectivity index is 1.69. The smallest absolute Gasteiger partial charge is 0.0753 e. The highest BCUT2D eigenvalue weighted by Crippen LogP contribution is 2.29. The normalized spacial score (nSPS) is 24.3. The van der Waals surface area contributed by atoms with E-state index in [0.717, 1.165) is 51.0 Å². The molecule has 1 aromatic rings. The number of rotatable bonds is 6. The summed E-state index contributed by atoms with van der Waals surface area (Å²) in [4.78, 5) is 2.53. The Morgan fingerprint density at radius 2 is 1.92 bits per heavy atom. The maximum atomic E-state index is 6.07. The van der Waals surface area contributed by atoms with Gasteiger partial charge in [-0.3, -0.25) is 4.90 Å². The summed E-state index contributed by atoms with van der Waals surface area (Å²) < 4.78 is 11.2. The average Bonchev–Trinajstić information content (AvgIpc) is 2.50. The van der Waals surface area contributed by atoms with Crippen LogP contribution in [0.4, 0.5) is 0 Å². The minimum Gasteiger partial charge on any atom is -0.380 e. The molecule has 24 heavy (non-hydrogen) atoms. The van der Waals surface area contributed by atoms with E-state index < -0.39 is 0 Å². The molecule has 0 radical (unpaired) electrons. The van der Waals surface area contributed by atoms with Gasteiger partial charge >= 0.3 is 0 Å². The second kappa shape index (κ2) is 7.30. The van der Waals surface area contributed by atoms with Crippen LogP contribution in [0, 0.1) is 5.41 Å². The van der Waals surface area contributed by atoms with Gasteiger partial charge in [-0.15, -0.1) is 0 Å². The largest absolute Gasteiger partial charge is 0.380 e. The molecule has 2 aliphatic heterocycles. The number of ether oxygens (including phenoxy) is 2. The summed E-state index contributed by atoms with van der Waals surface area (Å²) >= 11 is 6.07. The van der Waals surface area contributed by atoms with Crippen molar-refractivity contribution < 1.29 is 9.47 Å². The van der Waals surface area contributed by atoms with Crippen LogP contribution in [0.3, 0.4) is 0 Å². The summed E-state index contributed by atoms with van der Waals surface area (Å²) in [6, 6.07) is 8.58.